The summed E-state index contributed by atoms with van der Waals surface area (Å²) in [7, 11) is 1.43. The zero-order valence-electron chi connectivity index (χ0n) is 15.8. The molecule has 0 spiro atoms. The van der Waals surface area contributed by atoms with Gasteiger partial charge in [0.25, 0.3) is 5.91 Å². The molecular formula is C20H23ClN2O4. The van der Waals surface area contributed by atoms with E-state index in [-0.39, 0.29) is 18.4 Å². The van der Waals surface area contributed by atoms with Crippen molar-refractivity contribution in [2.24, 2.45) is 0 Å². The van der Waals surface area contributed by atoms with E-state index in [1.54, 1.807) is 32.0 Å². The molecular weight excluding hydrogens is 368 g/mol. The second kappa shape index (κ2) is 8.88. The molecule has 7 heteroatoms. The number of aryl methyl sites for hydroxylation is 1. The molecule has 0 aromatic heterocycles. The maximum absolute atomic E-state index is 12.6. The first-order valence-corrected chi connectivity index (χ1v) is 8.74. The maximum atomic E-state index is 12.6. The van der Waals surface area contributed by atoms with Crippen LogP contribution in [0, 0.1) is 6.92 Å². The predicted octanol–water partition coefficient (Wildman–Crippen LogP) is 4.03. The molecule has 0 saturated carbocycles. The van der Waals surface area contributed by atoms with Crippen LogP contribution in [0.4, 0.5) is 11.4 Å². The van der Waals surface area contributed by atoms with Crippen LogP contribution in [-0.2, 0) is 14.3 Å². The Morgan fingerprint density at radius 3 is 2.33 bits per heavy atom. The summed E-state index contributed by atoms with van der Waals surface area (Å²) in [6.45, 7) is 5.28. The standard InChI is InChI=1S/C20H23ClN2O4/c1-13-5-8-15(9-6-13)27-20(2,3)19(25)22-14-7-10-17(16(21)11-14)23-18(24)12-26-4/h5-11H,12H2,1-4H3,(H,22,25)(H,23,24). The summed E-state index contributed by atoms with van der Waals surface area (Å²) in [4.78, 5) is 24.2. The van der Waals surface area contributed by atoms with Gasteiger partial charge >= 0.3 is 0 Å². The van der Waals surface area contributed by atoms with E-state index in [1.807, 2.05) is 31.2 Å². The lowest BCUT2D eigenvalue weighted by molar-refractivity contribution is -0.128. The summed E-state index contributed by atoms with van der Waals surface area (Å²) in [5, 5.41) is 5.70. The Morgan fingerprint density at radius 2 is 1.74 bits per heavy atom. The van der Waals surface area contributed by atoms with Gasteiger partial charge in [0.15, 0.2) is 5.60 Å². The first-order valence-electron chi connectivity index (χ1n) is 8.37. The fraction of sp³-hybridized carbons (Fsp3) is 0.300. The van der Waals surface area contributed by atoms with Crippen LogP contribution in [0.25, 0.3) is 0 Å². The van der Waals surface area contributed by atoms with Crippen LogP contribution in [0.1, 0.15) is 19.4 Å². The number of carbonyl (C=O) groups excluding carboxylic acids is 2. The second-order valence-electron chi connectivity index (χ2n) is 6.56. The summed E-state index contributed by atoms with van der Waals surface area (Å²) in [6.07, 6.45) is 0. The number of ether oxygens (including phenoxy) is 2. The molecule has 27 heavy (non-hydrogen) atoms. The molecule has 0 heterocycles. The lowest BCUT2D eigenvalue weighted by atomic mass is 10.1. The van der Waals surface area contributed by atoms with E-state index in [4.69, 9.17) is 21.1 Å². The Kier molecular flexibility index (Phi) is 6.82. The van der Waals surface area contributed by atoms with Crippen LogP contribution < -0.4 is 15.4 Å². The topological polar surface area (TPSA) is 76.7 Å². The largest absolute Gasteiger partial charge is 0.478 e. The Labute approximate surface area is 163 Å². The number of benzene rings is 2. The number of rotatable bonds is 7. The van der Waals surface area contributed by atoms with Gasteiger partial charge in [-0.25, -0.2) is 0 Å². The summed E-state index contributed by atoms with van der Waals surface area (Å²) in [5.41, 5.74) is 0.951. The fourth-order valence-electron chi connectivity index (χ4n) is 2.24. The van der Waals surface area contributed by atoms with E-state index in [2.05, 4.69) is 10.6 Å². The molecule has 0 fully saturated rings. The van der Waals surface area contributed by atoms with Crippen molar-refractivity contribution in [3.63, 3.8) is 0 Å². The van der Waals surface area contributed by atoms with Crippen LogP contribution >= 0.6 is 11.6 Å². The number of halogens is 1. The van der Waals surface area contributed by atoms with Crippen molar-refractivity contribution in [2.45, 2.75) is 26.4 Å². The highest BCUT2D eigenvalue weighted by atomic mass is 35.5. The normalized spacial score (nSPS) is 11.0. The molecule has 0 bridgehead atoms. The predicted molar refractivity (Wildman–Crippen MR) is 106 cm³/mol. The molecule has 2 rings (SSSR count). The van der Waals surface area contributed by atoms with Gasteiger partial charge in [-0.2, -0.15) is 0 Å². The van der Waals surface area contributed by atoms with E-state index < -0.39 is 5.60 Å². The zero-order chi connectivity index (χ0) is 20.0. The number of amides is 2. The molecule has 0 aliphatic heterocycles. The van der Waals surface area contributed by atoms with E-state index in [1.165, 1.54) is 7.11 Å². The van der Waals surface area contributed by atoms with Crippen molar-refractivity contribution in [1.82, 2.24) is 0 Å². The smallest absolute Gasteiger partial charge is 0.267 e. The summed E-state index contributed by atoms with van der Waals surface area (Å²) in [5.74, 6) is -0.0332. The molecule has 0 aliphatic carbocycles. The molecule has 2 aromatic rings. The minimum absolute atomic E-state index is 0.0701. The minimum atomic E-state index is -1.09. The maximum Gasteiger partial charge on any atom is 0.267 e. The molecule has 0 atom stereocenters. The monoisotopic (exact) mass is 390 g/mol. The van der Waals surface area contributed by atoms with E-state index in [0.29, 0.717) is 22.1 Å². The molecule has 2 aromatic carbocycles. The lowest BCUT2D eigenvalue weighted by Crippen LogP contribution is -2.42. The quantitative estimate of drug-likeness (QED) is 0.748. The van der Waals surface area contributed by atoms with Gasteiger partial charge in [-0.15, -0.1) is 0 Å². The highest BCUT2D eigenvalue weighted by Crippen LogP contribution is 2.27. The van der Waals surface area contributed by atoms with Gasteiger partial charge in [0, 0.05) is 12.8 Å². The molecule has 0 saturated heterocycles. The third-order valence-electron chi connectivity index (χ3n) is 3.72. The Bertz CT molecular complexity index is 819. The van der Waals surface area contributed by atoms with Crippen molar-refractivity contribution in [2.75, 3.05) is 24.4 Å². The molecule has 2 amide bonds. The van der Waals surface area contributed by atoms with Crippen LogP contribution in [0.15, 0.2) is 42.5 Å². The summed E-state index contributed by atoms with van der Waals surface area (Å²) < 4.78 is 10.6. The number of carbonyl (C=O) groups is 2. The number of hydrogen-bond donors (Lipinski definition) is 2. The van der Waals surface area contributed by atoms with Gasteiger partial charge in [-0.05, 0) is 51.1 Å². The first-order chi connectivity index (χ1) is 12.7. The average molecular weight is 391 g/mol. The minimum Gasteiger partial charge on any atom is -0.478 e. The highest BCUT2D eigenvalue weighted by molar-refractivity contribution is 6.34. The molecule has 0 aliphatic rings. The van der Waals surface area contributed by atoms with Gasteiger partial charge in [0.05, 0.1) is 10.7 Å². The van der Waals surface area contributed by atoms with Crippen LogP contribution in [0.2, 0.25) is 5.02 Å². The molecule has 0 radical (unpaired) electrons. The molecule has 144 valence electrons. The SMILES string of the molecule is COCC(=O)Nc1ccc(NC(=O)C(C)(C)Oc2ccc(C)cc2)cc1Cl. The summed E-state index contributed by atoms with van der Waals surface area (Å²) >= 11 is 6.18. The van der Waals surface area contributed by atoms with E-state index in [9.17, 15) is 9.59 Å². The molecule has 6 nitrogen and oxygen atoms in total. The summed E-state index contributed by atoms with van der Waals surface area (Å²) in [6, 6.07) is 12.3. The van der Waals surface area contributed by atoms with Gasteiger partial charge in [0.2, 0.25) is 5.91 Å². The number of methoxy groups -OCH3 is 1. The van der Waals surface area contributed by atoms with Gasteiger partial charge in [-0.1, -0.05) is 29.3 Å². The van der Waals surface area contributed by atoms with Crippen LogP contribution in [0.5, 0.6) is 5.75 Å². The number of nitrogens with one attached hydrogen (secondary N) is 2. The number of hydrogen-bond acceptors (Lipinski definition) is 4. The Morgan fingerprint density at radius 1 is 1.07 bits per heavy atom. The van der Waals surface area contributed by atoms with Crippen molar-refractivity contribution in [3.05, 3.63) is 53.1 Å². The Hall–Kier alpha value is -2.57. The first kappa shape index (κ1) is 20.7. The average Bonchev–Trinajstić information content (AvgIpc) is 2.59. The third kappa shape index (κ3) is 5.98. The third-order valence-corrected chi connectivity index (χ3v) is 4.03. The van der Waals surface area contributed by atoms with E-state index in [0.717, 1.165) is 5.56 Å². The highest BCUT2D eigenvalue weighted by Gasteiger charge is 2.30. The molecule has 2 N–H and O–H groups in total. The van der Waals surface area contributed by atoms with Crippen molar-refractivity contribution in [1.29, 1.82) is 0 Å². The van der Waals surface area contributed by atoms with Gasteiger partial charge < -0.3 is 20.1 Å². The Balaban J connectivity index is 2.04. The van der Waals surface area contributed by atoms with Crippen LogP contribution in [0.3, 0.4) is 0 Å². The van der Waals surface area contributed by atoms with Gasteiger partial charge in [-0.3, -0.25) is 9.59 Å². The van der Waals surface area contributed by atoms with Crippen molar-refractivity contribution < 1.29 is 19.1 Å². The van der Waals surface area contributed by atoms with Crippen molar-refractivity contribution in [3.8, 4) is 5.75 Å². The fourth-order valence-corrected chi connectivity index (χ4v) is 2.47. The van der Waals surface area contributed by atoms with Gasteiger partial charge in [0.1, 0.15) is 12.4 Å². The lowest BCUT2D eigenvalue weighted by Gasteiger charge is -2.25. The second-order valence-corrected chi connectivity index (χ2v) is 6.96. The van der Waals surface area contributed by atoms with Crippen LogP contribution in [-0.4, -0.2) is 31.1 Å². The zero-order valence-corrected chi connectivity index (χ0v) is 16.5. The molecule has 0 unspecified atom stereocenters. The van der Waals surface area contributed by atoms with E-state index >= 15 is 0 Å². The van der Waals surface area contributed by atoms with Crippen molar-refractivity contribution >= 4 is 34.8 Å². The number of anilines is 2.